The summed E-state index contributed by atoms with van der Waals surface area (Å²) < 4.78 is 5.02. The Labute approximate surface area is 115 Å². The van der Waals surface area contributed by atoms with E-state index in [-0.39, 0.29) is 6.09 Å². The Morgan fingerprint density at radius 2 is 1.79 bits per heavy atom. The lowest BCUT2D eigenvalue weighted by Gasteiger charge is -2.34. The Bertz CT molecular complexity index is 409. The molecule has 0 aliphatic carbocycles. The number of aryl methyl sites for hydroxylation is 1. The van der Waals surface area contributed by atoms with Gasteiger partial charge in [0.05, 0.1) is 6.61 Å². The summed E-state index contributed by atoms with van der Waals surface area (Å²) in [6.45, 7) is 8.67. The van der Waals surface area contributed by atoms with E-state index in [2.05, 4.69) is 36.1 Å². The van der Waals surface area contributed by atoms with Crippen LogP contribution in [-0.4, -0.2) is 48.7 Å². The predicted molar refractivity (Wildman–Crippen MR) is 75.1 cm³/mol. The van der Waals surface area contributed by atoms with Gasteiger partial charge in [0.2, 0.25) is 0 Å². The van der Waals surface area contributed by atoms with Crippen LogP contribution in [0.5, 0.6) is 0 Å². The van der Waals surface area contributed by atoms with Crippen molar-refractivity contribution in [1.82, 2.24) is 9.80 Å². The van der Waals surface area contributed by atoms with Crippen LogP contribution < -0.4 is 0 Å². The largest absolute Gasteiger partial charge is 0.450 e. The van der Waals surface area contributed by atoms with E-state index in [4.69, 9.17) is 4.74 Å². The zero-order valence-electron chi connectivity index (χ0n) is 11.8. The molecule has 19 heavy (non-hydrogen) atoms. The summed E-state index contributed by atoms with van der Waals surface area (Å²) in [5.41, 5.74) is 2.62. The quantitative estimate of drug-likeness (QED) is 0.837. The Morgan fingerprint density at radius 3 is 2.37 bits per heavy atom. The monoisotopic (exact) mass is 262 g/mol. The smallest absolute Gasteiger partial charge is 0.409 e. The van der Waals surface area contributed by atoms with Gasteiger partial charge in [-0.15, -0.1) is 0 Å². The number of carbonyl (C=O) groups excluding carboxylic acids is 1. The molecule has 1 aliphatic rings. The fourth-order valence-corrected chi connectivity index (χ4v) is 2.26. The Balaban J connectivity index is 1.80. The topological polar surface area (TPSA) is 32.8 Å². The first kappa shape index (κ1) is 13.9. The van der Waals surface area contributed by atoms with E-state index >= 15 is 0 Å². The molecule has 1 aliphatic heterocycles. The second-order valence-electron chi connectivity index (χ2n) is 4.95. The second-order valence-corrected chi connectivity index (χ2v) is 4.95. The molecule has 104 valence electrons. The molecule has 0 N–H and O–H groups in total. The lowest BCUT2D eigenvalue weighted by molar-refractivity contribution is 0.0778. The lowest BCUT2D eigenvalue weighted by Crippen LogP contribution is -2.48. The van der Waals surface area contributed by atoms with Gasteiger partial charge in [-0.25, -0.2) is 4.79 Å². The number of amides is 1. The third kappa shape index (κ3) is 3.96. The van der Waals surface area contributed by atoms with E-state index in [1.165, 1.54) is 11.1 Å². The Kier molecular flexibility index (Phi) is 4.80. The maximum absolute atomic E-state index is 11.6. The number of nitrogens with zero attached hydrogens (tertiary/aromatic N) is 2. The van der Waals surface area contributed by atoms with Gasteiger partial charge in [-0.2, -0.15) is 0 Å². The molecule has 0 radical (unpaired) electrons. The Hall–Kier alpha value is -1.55. The molecule has 0 spiro atoms. The summed E-state index contributed by atoms with van der Waals surface area (Å²) in [4.78, 5) is 15.7. The normalized spacial score (nSPS) is 16.4. The molecule has 2 rings (SSSR count). The van der Waals surface area contributed by atoms with E-state index in [1.54, 1.807) is 4.90 Å². The first-order valence-electron chi connectivity index (χ1n) is 6.88. The van der Waals surface area contributed by atoms with Crippen LogP contribution in [0.1, 0.15) is 18.1 Å². The van der Waals surface area contributed by atoms with E-state index < -0.39 is 0 Å². The fourth-order valence-electron chi connectivity index (χ4n) is 2.26. The number of rotatable bonds is 3. The van der Waals surface area contributed by atoms with Crippen molar-refractivity contribution in [2.24, 2.45) is 0 Å². The Morgan fingerprint density at radius 1 is 1.16 bits per heavy atom. The van der Waals surface area contributed by atoms with Crippen LogP contribution in [0, 0.1) is 6.92 Å². The number of hydrogen-bond acceptors (Lipinski definition) is 3. The highest BCUT2D eigenvalue weighted by Crippen LogP contribution is 2.10. The lowest BCUT2D eigenvalue weighted by atomic mass is 10.1. The van der Waals surface area contributed by atoms with Crippen LogP contribution in [0.4, 0.5) is 4.79 Å². The van der Waals surface area contributed by atoms with Gasteiger partial charge < -0.3 is 9.64 Å². The molecular formula is C15H22N2O2. The molecule has 1 saturated heterocycles. The van der Waals surface area contributed by atoms with Crippen LogP contribution in [-0.2, 0) is 11.3 Å². The molecular weight excluding hydrogens is 240 g/mol. The van der Waals surface area contributed by atoms with Gasteiger partial charge in [-0.05, 0) is 19.4 Å². The molecule has 1 aromatic rings. The molecule has 0 saturated carbocycles. The minimum Gasteiger partial charge on any atom is -0.450 e. The zero-order valence-corrected chi connectivity index (χ0v) is 11.8. The number of benzene rings is 1. The third-order valence-corrected chi connectivity index (χ3v) is 3.43. The fraction of sp³-hybridized carbons (Fsp3) is 0.533. The molecule has 4 nitrogen and oxygen atoms in total. The highest BCUT2D eigenvalue weighted by Gasteiger charge is 2.21. The van der Waals surface area contributed by atoms with Crippen molar-refractivity contribution in [3.8, 4) is 0 Å². The van der Waals surface area contributed by atoms with Gasteiger partial charge in [-0.1, -0.05) is 29.8 Å². The minimum absolute atomic E-state index is 0.183. The average Bonchev–Trinajstić information content (AvgIpc) is 2.42. The van der Waals surface area contributed by atoms with Gasteiger partial charge in [0.1, 0.15) is 0 Å². The van der Waals surface area contributed by atoms with E-state index in [0.29, 0.717) is 6.61 Å². The van der Waals surface area contributed by atoms with Crippen molar-refractivity contribution < 1.29 is 9.53 Å². The van der Waals surface area contributed by atoms with Crippen LogP contribution in [0.25, 0.3) is 0 Å². The van der Waals surface area contributed by atoms with E-state index in [9.17, 15) is 4.79 Å². The van der Waals surface area contributed by atoms with E-state index in [1.807, 2.05) is 6.92 Å². The molecule has 4 heteroatoms. The van der Waals surface area contributed by atoms with Gasteiger partial charge in [-0.3, -0.25) is 4.90 Å². The van der Waals surface area contributed by atoms with E-state index in [0.717, 1.165) is 32.7 Å². The number of carbonyl (C=O) groups is 1. The van der Waals surface area contributed by atoms with Crippen LogP contribution >= 0.6 is 0 Å². The van der Waals surface area contributed by atoms with Gasteiger partial charge in [0, 0.05) is 32.7 Å². The molecule has 1 aromatic carbocycles. The van der Waals surface area contributed by atoms with Gasteiger partial charge in [0.15, 0.2) is 0 Å². The molecule has 0 bridgehead atoms. The average molecular weight is 262 g/mol. The molecule has 0 unspecified atom stereocenters. The van der Waals surface area contributed by atoms with Gasteiger partial charge in [0.25, 0.3) is 0 Å². The van der Waals surface area contributed by atoms with Gasteiger partial charge >= 0.3 is 6.09 Å². The van der Waals surface area contributed by atoms with Crippen molar-refractivity contribution in [1.29, 1.82) is 0 Å². The van der Waals surface area contributed by atoms with Crippen molar-refractivity contribution in [2.75, 3.05) is 32.8 Å². The summed E-state index contributed by atoms with van der Waals surface area (Å²) in [6.07, 6.45) is -0.183. The zero-order chi connectivity index (χ0) is 13.7. The number of ether oxygens (including phenoxy) is 1. The summed E-state index contributed by atoms with van der Waals surface area (Å²) >= 11 is 0. The highest BCUT2D eigenvalue weighted by atomic mass is 16.6. The number of piperazine rings is 1. The summed E-state index contributed by atoms with van der Waals surface area (Å²) in [5, 5.41) is 0. The molecule has 1 heterocycles. The molecule has 1 fully saturated rings. The first-order valence-corrected chi connectivity index (χ1v) is 6.88. The first-order chi connectivity index (χ1) is 9.19. The standard InChI is InChI=1S/C15H22N2O2/c1-3-19-15(18)17-10-8-16(9-11-17)12-14-6-4-13(2)5-7-14/h4-7H,3,8-12H2,1-2H3. The minimum atomic E-state index is -0.183. The van der Waals surface area contributed by atoms with Crippen molar-refractivity contribution in [2.45, 2.75) is 20.4 Å². The summed E-state index contributed by atoms with van der Waals surface area (Å²) in [6, 6.07) is 8.63. The van der Waals surface area contributed by atoms with Crippen molar-refractivity contribution >= 4 is 6.09 Å². The second kappa shape index (κ2) is 6.57. The third-order valence-electron chi connectivity index (χ3n) is 3.43. The van der Waals surface area contributed by atoms with Crippen molar-refractivity contribution in [3.05, 3.63) is 35.4 Å². The molecule has 0 atom stereocenters. The predicted octanol–water partition coefficient (Wildman–Crippen LogP) is 2.27. The van der Waals surface area contributed by atoms with Crippen LogP contribution in [0.15, 0.2) is 24.3 Å². The van der Waals surface area contributed by atoms with Crippen LogP contribution in [0.2, 0.25) is 0 Å². The summed E-state index contributed by atoms with van der Waals surface area (Å²) in [5.74, 6) is 0. The maximum Gasteiger partial charge on any atom is 0.409 e. The van der Waals surface area contributed by atoms with Crippen molar-refractivity contribution in [3.63, 3.8) is 0 Å². The molecule has 1 amide bonds. The maximum atomic E-state index is 11.6. The summed E-state index contributed by atoms with van der Waals surface area (Å²) in [7, 11) is 0. The number of hydrogen-bond donors (Lipinski definition) is 0. The molecule has 0 aromatic heterocycles. The van der Waals surface area contributed by atoms with Crippen LogP contribution in [0.3, 0.4) is 0 Å². The highest BCUT2D eigenvalue weighted by molar-refractivity contribution is 5.67. The SMILES string of the molecule is CCOC(=O)N1CCN(Cc2ccc(C)cc2)CC1.